The molecule has 0 bridgehead atoms. The molecule has 1 aliphatic heterocycles. The number of aromatic nitrogens is 3. The monoisotopic (exact) mass is 390 g/mol. The van der Waals surface area contributed by atoms with Crippen molar-refractivity contribution in [2.75, 3.05) is 42.4 Å². The fourth-order valence-corrected chi connectivity index (χ4v) is 3.35. The van der Waals surface area contributed by atoms with E-state index in [0.29, 0.717) is 5.69 Å². The van der Waals surface area contributed by atoms with Crippen LogP contribution in [-0.2, 0) is 9.53 Å². The molecule has 1 fully saturated rings. The van der Waals surface area contributed by atoms with E-state index in [1.54, 1.807) is 6.92 Å². The number of nitrogens with zero attached hydrogens (tertiary/aromatic N) is 4. The standard InChI is InChI=1S/C17H22N6O3S/c1-11-16(25)23(18)17(21-20-11)27-12(2)15(24)19-13-3-5-14(6-4-13)22-7-9-26-10-8-22/h3-6,12H,7-10,18H2,1-2H3,(H,19,24). The van der Waals surface area contributed by atoms with Crippen LogP contribution < -0.4 is 21.6 Å². The van der Waals surface area contributed by atoms with Gasteiger partial charge >= 0.3 is 0 Å². The molecule has 1 unspecified atom stereocenters. The molecule has 0 saturated carbocycles. The predicted molar refractivity (Wildman–Crippen MR) is 105 cm³/mol. The summed E-state index contributed by atoms with van der Waals surface area (Å²) in [4.78, 5) is 26.5. The van der Waals surface area contributed by atoms with Gasteiger partial charge in [-0.1, -0.05) is 11.8 Å². The molecule has 1 saturated heterocycles. The van der Waals surface area contributed by atoms with Crippen LogP contribution in [0.25, 0.3) is 0 Å². The molecule has 27 heavy (non-hydrogen) atoms. The van der Waals surface area contributed by atoms with E-state index in [2.05, 4.69) is 20.4 Å². The van der Waals surface area contributed by atoms with Crippen LogP contribution in [0, 0.1) is 6.92 Å². The van der Waals surface area contributed by atoms with Crippen LogP contribution in [0.15, 0.2) is 34.2 Å². The molecule has 1 atom stereocenters. The topological polar surface area (TPSA) is 115 Å². The highest BCUT2D eigenvalue weighted by molar-refractivity contribution is 8.00. The van der Waals surface area contributed by atoms with Gasteiger partial charge in [-0.05, 0) is 38.1 Å². The first-order valence-electron chi connectivity index (χ1n) is 8.57. The largest absolute Gasteiger partial charge is 0.378 e. The van der Waals surface area contributed by atoms with E-state index in [0.717, 1.165) is 48.4 Å². The summed E-state index contributed by atoms with van der Waals surface area (Å²) in [6.45, 7) is 6.41. The third-order valence-corrected chi connectivity index (χ3v) is 5.24. The number of nitrogens with one attached hydrogen (secondary N) is 1. The van der Waals surface area contributed by atoms with Crippen LogP contribution in [-0.4, -0.2) is 52.3 Å². The van der Waals surface area contributed by atoms with E-state index in [9.17, 15) is 9.59 Å². The molecule has 0 radical (unpaired) electrons. The summed E-state index contributed by atoms with van der Waals surface area (Å²) in [5, 5.41) is 10.2. The Balaban J connectivity index is 1.61. The fourth-order valence-electron chi connectivity index (χ4n) is 2.58. The van der Waals surface area contributed by atoms with Gasteiger partial charge in [0.1, 0.15) is 5.69 Å². The van der Waals surface area contributed by atoms with Gasteiger partial charge in [-0.3, -0.25) is 9.59 Å². The number of hydrogen-bond donors (Lipinski definition) is 2. The van der Waals surface area contributed by atoms with Crippen molar-refractivity contribution in [3.8, 4) is 0 Å². The SMILES string of the molecule is Cc1nnc(SC(C)C(=O)Nc2ccc(N3CCOCC3)cc2)n(N)c1=O. The molecule has 1 amide bonds. The average molecular weight is 390 g/mol. The van der Waals surface area contributed by atoms with Crippen molar-refractivity contribution < 1.29 is 9.53 Å². The molecule has 3 rings (SSSR count). The maximum atomic E-state index is 12.4. The minimum absolute atomic E-state index is 0.191. The Labute approximate surface area is 160 Å². The maximum absolute atomic E-state index is 12.4. The van der Waals surface area contributed by atoms with Crippen molar-refractivity contribution in [1.82, 2.24) is 14.9 Å². The van der Waals surface area contributed by atoms with Crippen LogP contribution >= 0.6 is 11.8 Å². The number of hydrogen-bond acceptors (Lipinski definition) is 8. The van der Waals surface area contributed by atoms with E-state index in [1.807, 2.05) is 24.3 Å². The third kappa shape index (κ3) is 4.58. The molecule has 1 aromatic carbocycles. The lowest BCUT2D eigenvalue weighted by molar-refractivity contribution is -0.115. The number of nitrogens with two attached hydrogens (primary N) is 1. The van der Waals surface area contributed by atoms with Gasteiger partial charge in [0, 0.05) is 24.5 Å². The smallest absolute Gasteiger partial charge is 0.294 e. The zero-order valence-electron chi connectivity index (χ0n) is 15.2. The van der Waals surface area contributed by atoms with Gasteiger partial charge in [0.05, 0.1) is 18.5 Å². The molecule has 3 N–H and O–H groups in total. The fraction of sp³-hybridized carbons (Fsp3) is 0.412. The number of thioether (sulfide) groups is 1. The number of rotatable bonds is 5. The second-order valence-corrected chi connectivity index (χ2v) is 7.45. The van der Waals surface area contributed by atoms with Crippen molar-refractivity contribution in [1.29, 1.82) is 0 Å². The first-order valence-corrected chi connectivity index (χ1v) is 9.45. The van der Waals surface area contributed by atoms with E-state index >= 15 is 0 Å². The normalized spacial score (nSPS) is 15.4. The van der Waals surface area contributed by atoms with Gasteiger partial charge in [-0.25, -0.2) is 0 Å². The highest BCUT2D eigenvalue weighted by atomic mass is 32.2. The number of morpholine rings is 1. The molecule has 0 spiro atoms. The Morgan fingerprint density at radius 2 is 1.93 bits per heavy atom. The first kappa shape index (κ1) is 19.2. The zero-order valence-corrected chi connectivity index (χ0v) is 16.0. The highest BCUT2D eigenvalue weighted by Crippen LogP contribution is 2.22. The van der Waals surface area contributed by atoms with Crippen molar-refractivity contribution in [3.63, 3.8) is 0 Å². The highest BCUT2D eigenvalue weighted by Gasteiger charge is 2.19. The van der Waals surface area contributed by atoms with Crippen LogP contribution in [0.1, 0.15) is 12.6 Å². The van der Waals surface area contributed by atoms with E-state index in [4.69, 9.17) is 10.6 Å². The van der Waals surface area contributed by atoms with Gasteiger partial charge in [0.15, 0.2) is 0 Å². The summed E-state index contributed by atoms with van der Waals surface area (Å²) in [5.74, 6) is 5.49. The van der Waals surface area contributed by atoms with Gasteiger partial charge < -0.3 is 20.8 Å². The molecule has 10 heteroatoms. The summed E-state index contributed by atoms with van der Waals surface area (Å²) in [6, 6.07) is 7.68. The summed E-state index contributed by atoms with van der Waals surface area (Å²) < 4.78 is 6.26. The lowest BCUT2D eigenvalue weighted by Crippen LogP contribution is -2.36. The van der Waals surface area contributed by atoms with Crippen LogP contribution in [0.4, 0.5) is 11.4 Å². The minimum Gasteiger partial charge on any atom is -0.378 e. The Morgan fingerprint density at radius 1 is 1.26 bits per heavy atom. The molecule has 1 aromatic heterocycles. The van der Waals surface area contributed by atoms with Gasteiger partial charge in [-0.2, -0.15) is 4.68 Å². The quantitative estimate of drug-likeness (QED) is 0.564. The second kappa shape index (κ2) is 8.40. The summed E-state index contributed by atoms with van der Waals surface area (Å²) in [7, 11) is 0. The van der Waals surface area contributed by atoms with Crippen molar-refractivity contribution >= 4 is 29.0 Å². The number of carbonyl (C=O) groups excluding carboxylic acids is 1. The van der Waals surface area contributed by atoms with E-state index < -0.39 is 10.8 Å². The van der Waals surface area contributed by atoms with Crippen molar-refractivity contribution in [2.24, 2.45) is 0 Å². The summed E-state index contributed by atoms with van der Waals surface area (Å²) in [5.41, 5.74) is 1.57. The van der Waals surface area contributed by atoms with Crippen molar-refractivity contribution in [3.05, 3.63) is 40.3 Å². The van der Waals surface area contributed by atoms with Crippen LogP contribution in [0.2, 0.25) is 0 Å². The van der Waals surface area contributed by atoms with Gasteiger partial charge in [0.2, 0.25) is 11.1 Å². The lowest BCUT2D eigenvalue weighted by atomic mass is 10.2. The number of amides is 1. The molecular weight excluding hydrogens is 368 g/mol. The molecule has 2 heterocycles. The maximum Gasteiger partial charge on any atom is 0.294 e. The number of aryl methyl sites for hydroxylation is 1. The first-order chi connectivity index (χ1) is 13.0. The van der Waals surface area contributed by atoms with Gasteiger partial charge in [0.25, 0.3) is 5.56 Å². The van der Waals surface area contributed by atoms with Crippen LogP contribution in [0.5, 0.6) is 0 Å². The minimum atomic E-state index is -0.505. The summed E-state index contributed by atoms with van der Waals surface area (Å²) >= 11 is 1.08. The Morgan fingerprint density at radius 3 is 2.59 bits per heavy atom. The average Bonchev–Trinajstić information content (AvgIpc) is 2.69. The molecule has 1 aliphatic rings. The zero-order chi connectivity index (χ0) is 19.4. The Bertz CT molecular complexity index is 864. The molecular formula is C17H22N6O3S. The van der Waals surface area contributed by atoms with Crippen LogP contribution in [0.3, 0.4) is 0 Å². The Kier molecular flexibility index (Phi) is 5.97. The second-order valence-electron chi connectivity index (χ2n) is 6.14. The third-order valence-electron chi connectivity index (χ3n) is 4.18. The van der Waals surface area contributed by atoms with Gasteiger partial charge in [-0.15, -0.1) is 10.2 Å². The predicted octanol–water partition coefficient (Wildman–Crippen LogP) is 0.616. The molecule has 144 valence electrons. The molecule has 2 aromatic rings. The van der Waals surface area contributed by atoms with E-state index in [1.165, 1.54) is 6.92 Å². The Hall–Kier alpha value is -2.59. The number of ether oxygens (including phenoxy) is 1. The van der Waals surface area contributed by atoms with E-state index in [-0.39, 0.29) is 16.8 Å². The number of carbonyl (C=O) groups is 1. The lowest BCUT2D eigenvalue weighted by Gasteiger charge is -2.28. The number of benzene rings is 1. The summed E-state index contributed by atoms with van der Waals surface area (Å²) in [6.07, 6.45) is 0. The molecule has 0 aliphatic carbocycles. The molecule has 9 nitrogen and oxygen atoms in total. The number of nitrogen functional groups attached to an aromatic ring is 1. The van der Waals surface area contributed by atoms with Crippen molar-refractivity contribution in [2.45, 2.75) is 24.3 Å². The number of anilines is 2.